The quantitative estimate of drug-likeness (QED) is 0.128. The van der Waals surface area contributed by atoms with E-state index in [0.29, 0.717) is 34.9 Å². The van der Waals surface area contributed by atoms with Crippen molar-refractivity contribution in [1.82, 2.24) is 29.9 Å². The standard InChI is InChI=1S/C45H27N3O2.C21H13Br2N3.C18H19BO3/c1-3-13-28(14-4-1)43-46-44(29-15-5-2-6-16-29)48-45(47-43)32-26-30(33-19-11-23-39-41(33)35-17-7-9-21-37(35)49-39)25-31(27-32)34-20-12-24-40-42(34)36-18-8-10-22-38(36)50-40;22-17-11-16(12-18(23)13-17)21-25-19(14-7-3-1-4-8-14)24-20(26-21)15-9-5-2-6-10-15;1-17(2)18(3,4)22-19(21-17)13-9-7-11-15-16(13)12-8-5-6-10-14(12)20-15/h1-27H;1-13H;5-11H,1-4H3. The molecule has 6 heterocycles. The molecule has 0 radical (unpaired) electrons. The summed E-state index contributed by atoms with van der Waals surface area (Å²) in [6.45, 7) is 8.28. The second kappa shape index (κ2) is 25.9. The van der Waals surface area contributed by atoms with E-state index in [9.17, 15) is 0 Å². The minimum atomic E-state index is -0.380. The summed E-state index contributed by atoms with van der Waals surface area (Å²) in [4.78, 5) is 29.3. The molecule has 1 fully saturated rings. The van der Waals surface area contributed by atoms with Crippen molar-refractivity contribution in [3.8, 4) is 90.6 Å². The Hall–Kier alpha value is -11.0. The van der Waals surface area contributed by atoms with Gasteiger partial charge in [-0.05, 0) is 128 Å². The molecular weight excluding hydrogens is 1340 g/mol. The van der Waals surface area contributed by atoms with Crippen LogP contribution in [0.15, 0.2) is 307 Å². The Morgan fingerprint density at radius 3 is 0.929 bits per heavy atom. The van der Waals surface area contributed by atoms with E-state index in [1.54, 1.807) is 0 Å². The monoisotopic (exact) mass is 1400 g/mol. The maximum absolute atomic E-state index is 6.32. The average Bonchev–Trinajstić information content (AvgIpc) is 1.52. The number of fused-ring (bicyclic) bond motifs is 9. The molecule has 12 aromatic carbocycles. The van der Waals surface area contributed by atoms with Gasteiger partial charge in [-0.1, -0.05) is 244 Å². The number of nitrogens with zero attached hydrogens (tertiary/aromatic N) is 6. The second-order valence-electron chi connectivity index (χ2n) is 25.0. The lowest BCUT2D eigenvalue weighted by atomic mass is 9.76. The lowest BCUT2D eigenvalue weighted by molar-refractivity contribution is 0.00578. The predicted octanol–water partition coefficient (Wildman–Crippen LogP) is 22.3. The van der Waals surface area contributed by atoms with Crippen molar-refractivity contribution in [1.29, 1.82) is 0 Å². The first kappa shape index (κ1) is 61.9. The first-order valence-electron chi connectivity index (χ1n) is 32.3. The highest BCUT2D eigenvalue weighted by Gasteiger charge is 2.52. The Morgan fingerprint density at radius 1 is 0.265 bits per heavy atom. The summed E-state index contributed by atoms with van der Waals surface area (Å²) in [6.07, 6.45) is 0. The molecule has 14 heteroatoms. The van der Waals surface area contributed by atoms with Crippen LogP contribution in [0.4, 0.5) is 0 Å². The third-order valence-corrected chi connectivity index (χ3v) is 19.0. The van der Waals surface area contributed by atoms with Gasteiger partial charge < -0.3 is 22.6 Å². The zero-order valence-electron chi connectivity index (χ0n) is 53.7. The van der Waals surface area contributed by atoms with Crippen molar-refractivity contribution in [2.24, 2.45) is 0 Å². The van der Waals surface area contributed by atoms with E-state index in [0.717, 1.165) is 136 Å². The number of benzene rings is 12. The van der Waals surface area contributed by atoms with Gasteiger partial charge in [-0.2, -0.15) is 0 Å². The van der Waals surface area contributed by atoms with Gasteiger partial charge in [-0.15, -0.1) is 0 Å². The zero-order valence-corrected chi connectivity index (χ0v) is 56.9. The topological polar surface area (TPSA) is 135 Å². The number of halogens is 2. The highest BCUT2D eigenvalue weighted by molar-refractivity contribution is 9.11. The van der Waals surface area contributed by atoms with Crippen molar-refractivity contribution in [3.63, 3.8) is 0 Å². The Labute approximate surface area is 582 Å². The van der Waals surface area contributed by atoms with Gasteiger partial charge in [0.2, 0.25) is 0 Å². The summed E-state index contributed by atoms with van der Waals surface area (Å²) in [5.74, 6) is 3.78. The fourth-order valence-corrected chi connectivity index (χ4v) is 13.9. The van der Waals surface area contributed by atoms with E-state index in [-0.39, 0.29) is 18.3 Å². The second-order valence-corrected chi connectivity index (χ2v) is 26.8. The summed E-state index contributed by atoms with van der Waals surface area (Å²) in [5.41, 5.74) is 15.3. The van der Waals surface area contributed by atoms with Crippen LogP contribution in [0, 0.1) is 0 Å². The molecule has 5 aromatic heterocycles. The van der Waals surface area contributed by atoms with Crippen LogP contribution >= 0.6 is 31.9 Å². The maximum Gasteiger partial charge on any atom is 0.495 e. The van der Waals surface area contributed by atoms with Crippen LogP contribution in [0.2, 0.25) is 0 Å². The Bertz CT molecular complexity index is 5540. The van der Waals surface area contributed by atoms with Crippen molar-refractivity contribution in [2.75, 3.05) is 0 Å². The molecule has 0 aliphatic carbocycles. The Balaban J connectivity index is 0.000000130. The molecule has 0 atom stereocenters. The van der Waals surface area contributed by atoms with Gasteiger partial charge in [0.1, 0.15) is 33.5 Å². The lowest BCUT2D eigenvalue weighted by Crippen LogP contribution is -2.41. The smallest absolute Gasteiger partial charge is 0.456 e. The van der Waals surface area contributed by atoms with E-state index in [1.807, 2.05) is 206 Å². The molecule has 0 bridgehead atoms. The zero-order chi connectivity index (χ0) is 66.5. The van der Waals surface area contributed by atoms with Crippen LogP contribution in [-0.4, -0.2) is 48.2 Å². The molecule has 98 heavy (non-hydrogen) atoms. The molecule has 0 N–H and O–H groups in total. The van der Waals surface area contributed by atoms with Gasteiger partial charge in [0.25, 0.3) is 0 Å². The van der Waals surface area contributed by atoms with Gasteiger partial charge in [-0.25, -0.2) is 29.9 Å². The highest BCUT2D eigenvalue weighted by Crippen LogP contribution is 2.44. The van der Waals surface area contributed by atoms with Crippen molar-refractivity contribution >= 4 is 110 Å². The van der Waals surface area contributed by atoms with Crippen LogP contribution in [0.25, 0.3) is 156 Å². The van der Waals surface area contributed by atoms with Gasteiger partial charge in [0.05, 0.1) is 11.2 Å². The van der Waals surface area contributed by atoms with Gasteiger partial charge >= 0.3 is 7.12 Å². The molecule has 0 saturated carbocycles. The summed E-state index contributed by atoms with van der Waals surface area (Å²) >= 11 is 7.07. The predicted molar refractivity (Wildman–Crippen MR) is 403 cm³/mol. The fourth-order valence-electron chi connectivity index (χ4n) is 12.6. The van der Waals surface area contributed by atoms with Crippen LogP contribution in [-0.2, 0) is 9.31 Å². The normalized spacial score (nSPS) is 13.3. The van der Waals surface area contributed by atoms with Crippen LogP contribution in [0.5, 0.6) is 0 Å². The van der Waals surface area contributed by atoms with Gasteiger partial charge in [-0.3, -0.25) is 0 Å². The summed E-state index contributed by atoms with van der Waals surface area (Å²) in [6, 6.07) is 95.7. The van der Waals surface area contributed by atoms with Gasteiger partial charge in [0.15, 0.2) is 34.9 Å². The molecule has 11 nitrogen and oxygen atoms in total. The summed E-state index contributed by atoms with van der Waals surface area (Å²) < 4.78 is 32.9. The molecule has 18 rings (SSSR count). The fraction of sp³-hybridized carbons (Fsp3) is 0.0714. The maximum atomic E-state index is 6.32. The summed E-state index contributed by atoms with van der Waals surface area (Å²) in [7, 11) is -0.380. The first-order chi connectivity index (χ1) is 47.8. The molecule has 0 spiro atoms. The van der Waals surface area contributed by atoms with Crippen LogP contribution in [0.3, 0.4) is 0 Å². The third-order valence-electron chi connectivity index (χ3n) is 18.1. The van der Waals surface area contributed by atoms with Crippen LogP contribution < -0.4 is 5.46 Å². The molecular formula is C84H59BBr2N6O5. The van der Waals surface area contributed by atoms with Crippen LogP contribution in [0.1, 0.15) is 27.7 Å². The van der Waals surface area contributed by atoms with E-state index in [1.165, 1.54) is 0 Å². The number of para-hydroxylation sites is 3. The molecule has 17 aromatic rings. The number of hydrogen-bond donors (Lipinski definition) is 0. The van der Waals surface area contributed by atoms with E-state index >= 15 is 0 Å². The molecule has 1 aliphatic rings. The van der Waals surface area contributed by atoms with E-state index in [4.69, 9.17) is 52.5 Å². The van der Waals surface area contributed by atoms with Crippen molar-refractivity contribution < 1.29 is 22.6 Å². The van der Waals surface area contributed by atoms with Crippen molar-refractivity contribution in [2.45, 2.75) is 38.9 Å². The molecule has 1 aliphatic heterocycles. The number of rotatable bonds is 9. The molecule has 1 saturated heterocycles. The van der Waals surface area contributed by atoms with Crippen molar-refractivity contribution in [3.05, 3.63) is 294 Å². The molecule has 0 unspecified atom stereocenters. The summed E-state index contributed by atoms with van der Waals surface area (Å²) in [5, 5.41) is 6.48. The number of aromatic nitrogens is 6. The van der Waals surface area contributed by atoms with E-state index < -0.39 is 0 Å². The molecule has 472 valence electrons. The SMILES string of the molecule is Brc1cc(Br)cc(-c2nc(-c3ccccc3)nc(-c3ccccc3)n2)c1.CC1(C)OB(c2cccc3oc4ccccc4c23)OC1(C)C.c1ccc(-c2nc(-c3ccccc3)nc(-c3cc(-c4cccc5oc6ccccc6c45)cc(-c4cccc5oc6ccccc6c45)c3)n2)cc1. The number of hydrogen-bond acceptors (Lipinski definition) is 11. The van der Waals surface area contributed by atoms with Gasteiger partial charge in [0, 0.05) is 74.6 Å². The first-order valence-corrected chi connectivity index (χ1v) is 33.9. The largest absolute Gasteiger partial charge is 0.495 e. The minimum Gasteiger partial charge on any atom is -0.456 e. The highest BCUT2D eigenvalue weighted by atomic mass is 79.9. The minimum absolute atomic E-state index is 0.348. The third kappa shape index (κ3) is 12.1. The van der Waals surface area contributed by atoms with E-state index in [2.05, 4.69) is 138 Å². The molecule has 0 amide bonds. The Kier molecular flexibility index (Phi) is 16.3. The average molecular weight is 1400 g/mol. The number of furan rings is 3. The Morgan fingerprint density at radius 2 is 0.551 bits per heavy atom. The lowest BCUT2D eigenvalue weighted by Gasteiger charge is -2.32.